The number of hydrogen-bond acceptors (Lipinski definition) is 3. The number of hydrogen-bond donors (Lipinski definition) is 2. The lowest BCUT2D eigenvalue weighted by Crippen LogP contribution is -2.28. The Bertz CT molecular complexity index is 696. The topological polar surface area (TPSA) is 84.3 Å². The Hall–Kier alpha value is -2.89. The highest BCUT2D eigenvalue weighted by atomic mass is 16.6. The third-order valence-corrected chi connectivity index (χ3v) is 3.23. The number of nitro groups is 1. The number of anilines is 1. The first-order valence-corrected chi connectivity index (χ1v) is 6.81. The molecular weight excluding hydrogens is 282 g/mol. The summed E-state index contributed by atoms with van der Waals surface area (Å²) in [4.78, 5) is 22.1. The van der Waals surface area contributed by atoms with Gasteiger partial charge in [-0.25, -0.2) is 4.79 Å². The Morgan fingerprint density at radius 3 is 2.41 bits per heavy atom. The number of nitrogens with zero attached hydrogens (tertiary/aromatic N) is 1. The van der Waals surface area contributed by atoms with E-state index in [9.17, 15) is 14.9 Å². The molecule has 0 aliphatic heterocycles. The Morgan fingerprint density at radius 1 is 1.14 bits per heavy atom. The van der Waals surface area contributed by atoms with Crippen molar-refractivity contribution < 1.29 is 9.72 Å². The molecule has 0 aliphatic carbocycles. The highest BCUT2D eigenvalue weighted by molar-refractivity contribution is 5.89. The second-order valence-corrected chi connectivity index (χ2v) is 5.05. The summed E-state index contributed by atoms with van der Waals surface area (Å²) in [6.45, 7) is 4.05. The van der Waals surface area contributed by atoms with E-state index in [-0.39, 0.29) is 11.7 Å². The van der Waals surface area contributed by atoms with Crippen molar-refractivity contribution in [2.45, 2.75) is 20.4 Å². The maximum Gasteiger partial charge on any atom is 0.319 e. The van der Waals surface area contributed by atoms with Crippen LogP contribution in [0.25, 0.3) is 0 Å². The largest absolute Gasteiger partial charge is 0.334 e. The van der Waals surface area contributed by atoms with Crippen molar-refractivity contribution >= 4 is 17.4 Å². The summed E-state index contributed by atoms with van der Waals surface area (Å²) in [5.74, 6) is 0. The van der Waals surface area contributed by atoms with Crippen molar-refractivity contribution in [1.82, 2.24) is 5.32 Å². The number of urea groups is 1. The highest BCUT2D eigenvalue weighted by Gasteiger charge is 2.11. The van der Waals surface area contributed by atoms with Gasteiger partial charge in [0.15, 0.2) is 0 Å². The Balaban J connectivity index is 1.93. The Labute approximate surface area is 128 Å². The fourth-order valence-corrected chi connectivity index (χ4v) is 2.00. The smallest absolute Gasteiger partial charge is 0.319 e. The lowest BCUT2D eigenvalue weighted by molar-refractivity contribution is -0.385. The zero-order valence-electron chi connectivity index (χ0n) is 12.4. The monoisotopic (exact) mass is 299 g/mol. The molecule has 2 aromatic rings. The fourth-order valence-electron chi connectivity index (χ4n) is 2.00. The molecule has 2 amide bonds. The molecule has 6 nitrogen and oxygen atoms in total. The number of amides is 2. The van der Waals surface area contributed by atoms with Crippen molar-refractivity contribution in [2.75, 3.05) is 5.32 Å². The van der Waals surface area contributed by atoms with Gasteiger partial charge in [0, 0.05) is 23.9 Å². The van der Waals surface area contributed by atoms with Crippen LogP contribution in [-0.2, 0) is 6.54 Å². The van der Waals surface area contributed by atoms with Crippen molar-refractivity contribution in [3.63, 3.8) is 0 Å². The van der Waals surface area contributed by atoms with Gasteiger partial charge in [-0.15, -0.1) is 0 Å². The molecule has 0 unspecified atom stereocenters. The van der Waals surface area contributed by atoms with E-state index in [2.05, 4.69) is 10.6 Å². The molecule has 114 valence electrons. The molecule has 0 atom stereocenters. The summed E-state index contributed by atoms with van der Waals surface area (Å²) < 4.78 is 0. The van der Waals surface area contributed by atoms with Gasteiger partial charge in [0.1, 0.15) is 0 Å². The van der Waals surface area contributed by atoms with Crippen LogP contribution in [0.3, 0.4) is 0 Å². The molecule has 6 heteroatoms. The molecule has 2 aromatic carbocycles. The molecule has 0 saturated heterocycles. The molecule has 2 N–H and O–H groups in total. The zero-order valence-corrected chi connectivity index (χ0v) is 12.4. The standard InChI is InChI=1S/C16H17N3O3/c1-11-3-5-13(6-4-11)10-17-16(20)18-14-7-8-15(19(21)22)12(2)9-14/h3-9H,10H2,1-2H3,(H2,17,18,20). The van der Waals surface area contributed by atoms with Crippen LogP contribution in [0.15, 0.2) is 42.5 Å². The predicted octanol–water partition coefficient (Wildman–Crippen LogP) is 3.53. The minimum atomic E-state index is -0.448. The molecule has 0 bridgehead atoms. The maximum absolute atomic E-state index is 11.8. The third kappa shape index (κ3) is 4.05. The van der Waals surface area contributed by atoms with Crippen molar-refractivity contribution in [1.29, 1.82) is 0 Å². The van der Waals surface area contributed by atoms with E-state index >= 15 is 0 Å². The van der Waals surface area contributed by atoms with Gasteiger partial charge in [-0.05, 0) is 31.5 Å². The minimum Gasteiger partial charge on any atom is -0.334 e. The summed E-state index contributed by atoms with van der Waals surface area (Å²) in [7, 11) is 0. The van der Waals surface area contributed by atoms with Gasteiger partial charge in [0.05, 0.1) is 4.92 Å². The van der Waals surface area contributed by atoms with Gasteiger partial charge in [-0.1, -0.05) is 29.8 Å². The van der Waals surface area contributed by atoms with Gasteiger partial charge in [0.25, 0.3) is 5.69 Å². The quantitative estimate of drug-likeness (QED) is 0.669. The molecule has 0 radical (unpaired) electrons. The lowest BCUT2D eigenvalue weighted by Gasteiger charge is -2.08. The Kier molecular flexibility index (Phi) is 4.73. The van der Waals surface area contributed by atoms with E-state index in [1.807, 2.05) is 31.2 Å². The van der Waals surface area contributed by atoms with Crippen LogP contribution in [0, 0.1) is 24.0 Å². The van der Waals surface area contributed by atoms with E-state index in [4.69, 9.17) is 0 Å². The van der Waals surface area contributed by atoms with Crippen LogP contribution in [0.5, 0.6) is 0 Å². The number of rotatable bonds is 4. The summed E-state index contributed by atoms with van der Waals surface area (Å²) >= 11 is 0. The van der Waals surface area contributed by atoms with E-state index in [1.165, 1.54) is 12.1 Å². The van der Waals surface area contributed by atoms with Crippen LogP contribution in [-0.4, -0.2) is 11.0 Å². The zero-order chi connectivity index (χ0) is 16.1. The first-order valence-electron chi connectivity index (χ1n) is 6.81. The van der Waals surface area contributed by atoms with Crippen LogP contribution < -0.4 is 10.6 Å². The van der Waals surface area contributed by atoms with Crippen molar-refractivity contribution in [3.05, 3.63) is 69.3 Å². The number of nitro benzene ring substituents is 1. The number of nitrogens with one attached hydrogen (secondary N) is 2. The summed E-state index contributed by atoms with van der Waals surface area (Å²) in [5.41, 5.74) is 3.21. The van der Waals surface area contributed by atoms with Crippen molar-refractivity contribution in [2.24, 2.45) is 0 Å². The normalized spacial score (nSPS) is 10.1. The van der Waals surface area contributed by atoms with E-state index in [1.54, 1.807) is 13.0 Å². The number of aryl methyl sites for hydroxylation is 2. The van der Waals surface area contributed by atoms with Crippen LogP contribution in [0.2, 0.25) is 0 Å². The van der Waals surface area contributed by atoms with Gasteiger partial charge < -0.3 is 10.6 Å². The molecule has 0 fully saturated rings. The maximum atomic E-state index is 11.8. The number of benzene rings is 2. The second-order valence-electron chi connectivity index (χ2n) is 5.05. The third-order valence-electron chi connectivity index (χ3n) is 3.23. The highest BCUT2D eigenvalue weighted by Crippen LogP contribution is 2.21. The molecule has 0 aromatic heterocycles. The summed E-state index contributed by atoms with van der Waals surface area (Å²) in [6.07, 6.45) is 0. The molecule has 0 saturated carbocycles. The fraction of sp³-hybridized carbons (Fsp3) is 0.188. The van der Waals surface area contributed by atoms with E-state index in [0.717, 1.165) is 11.1 Å². The minimum absolute atomic E-state index is 0.0330. The first-order chi connectivity index (χ1) is 10.5. The molecular formula is C16H17N3O3. The Morgan fingerprint density at radius 2 is 1.82 bits per heavy atom. The first kappa shape index (κ1) is 15.5. The molecule has 0 heterocycles. The van der Waals surface area contributed by atoms with E-state index < -0.39 is 4.92 Å². The average molecular weight is 299 g/mol. The predicted molar refractivity (Wildman–Crippen MR) is 84.9 cm³/mol. The molecule has 0 aliphatic rings. The molecule has 22 heavy (non-hydrogen) atoms. The van der Waals surface area contributed by atoms with Gasteiger partial charge >= 0.3 is 6.03 Å². The summed E-state index contributed by atoms with van der Waals surface area (Å²) in [5, 5.41) is 16.1. The summed E-state index contributed by atoms with van der Waals surface area (Å²) in [6, 6.07) is 12.0. The number of carbonyl (C=O) groups excluding carboxylic acids is 1. The van der Waals surface area contributed by atoms with Gasteiger partial charge in [0.2, 0.25) is 0 Å². The molecule has 2 rings (SSSR count). The molecule has 0 spiro atoms. The van der Waals surface area contributed by atoms with Crippen LogP contribution in [0.4, 0.5) is 16.2 Å². The second kappa shape index (κ2) is 6.71. The van der Waals surface area contributed by atoms with Gasteiger partial charge in [-0.2, -0.15) is 0 Å². The number of carbonyl (C=O) groups is 1. The lowest BCUT2D eigenvalue weighted by atomic mass is 10.1. The van der Waals surface area contributed by atoms with Crippen LogP contribution >= 0.6 is 0 Å². The van der Waals surface area contributed by atoms with Crippen molar-refractivity contribution in [3.8, 4) is 0 Å². The average Bonchev–Trinajstić information content (AvgIpc) is 2.46. The van der Waals surface area contributed by atoms with E-state index in [0.29, 0.717) is 17.8 Å². The van der Waals surface area contributed by atoms with Gasteiger partial charge in [-0.3, -0.25) is 10.1 Å². The SMILES string of the molecule is Cc1ccc(CNC(=O)Nc2ccc([N+](=O)[O-])c(C)c2)cc1. The van der Waals surface area contributed by atoms with Crippen LogP contribution in [0.1, 0.15) is 16.7 Å².